The van der Waals surface area contributed by atoms with Crippen LogP contribution in [0.5, 0.6) is 0 Å². The number of nitrogens with one attached hydrogen (secondary N) is 3. The topological polar surface area (TPSA) is 217 Å². The lowest BCUT2D eigenvalue weighted by Gasteiger charge is -2.10. The minimum atomic E-state index is -0.216. The molecule has 0 bridgehead atoms. The summed E-state index contributed by atoms with van der Waals surface area (Å²) in [4.78, 5) is 70.2. The third-order valence-electron chi connectivity index (χ3n) is 8.82. The molecule has 0 unspecified atom stereocenters. The number of anilines is 6. The second-order valence-corrected chi connectivity index (χ2v) is 17.7. The van der Waals surface area contributed by atoms with Gasteiger partial charge in [0.2, 0.25) is 0 Å². The van der Waals surface area contributed by atoms with Crippen molar-refractivity contribution in [2.24, 2.45) is 0 Å². The van der Waals surface area contributed by atoms with E-state index in [-0.39, 0.29) is 35.1 Å². The Morgan fingerprint density at radius 3 is 1.19 bits per heavy atom. The van der Waals surface area contributed by atoms with Crippen LogP contribution in [0.25, 0.3) is 0 Å². The van der Waals surface area contributed by atoms with Crippen molar-refractivity contribution in [2.45, 2.75) is 40.0 Å². The van der Waals surface area contributed by atoms with Crippen LogP contribution in [-0.4, -0.2) is 35.1 Å². The molecule has 0 radical (unpaired) electrons. The summed E-state index contributed by atoms with van der Waals surface area (Å²) in [5.41, 5.74) is 25.2. The van der Waals surface area contributed by atoms with Gasteiger partial charge in [-0.1, -0.05) is 54.6 Å². The average Bonchev–Trinajstić information content (AvgIpc) is 3.20. The molecule has 63 heavy (non-hydrogen) atoms. The fourth-order valence-electron chi connectivity index (χ4n) is 5.82. The van der Waals surface area contributed by atoms with Crippen molar-refractivity contribution in [2.75, 3.05) is 33.2 Å². The molecule has 6 aromatic carbocycles. The van der Waals surface area contributed by atoms with Gasteiger partial charge in [0, 0.05) is 30.0 Å². The zero-order chi connectivity index (χ0) is 46.2. The van der Waals surface area contributed by atoms with Crippen LogP contribution >= 0.6 is 67.8 Å². The van der Waals surface area contributed by atoms with E-state index in [1.165, 1.54) is 0 Å². The number of para-hydroxylation sites is 6. The van der Waals surface area contributed by atoms with Crippen molar-refractivity contribution in [1.82, 2.24) is 0 Å². The van der Waals surface area contributed by atoms with E-state index in [9.17, 15) is 28.8 Å². The Morgan fingerprint density at radius 1 is 0.492 bits per heavy atom. The summed E-state index contributed by atoms with van der Waals surface area (Å²) in [6.45, 7) is 4.64. The number of rotatable bonds is 12. The number of ketones is 3. The van der Waals surface area contributed by atoms with Crippen LogP contribution in [0.3, 0.4) is 0 Å². The highest BCUT2D eigenvalue weighted by Gasteiger charge is 2.15. The highest BCUT2D eigenvalue weighted by molar-refractivity contribution is 14.1. The summed E-state index contributed by atoms with van der Waals surface area (Å²) in [6.07, 6.45) is 1.14. The SMILES string of the molecule is CC(=O)Cc1ccc(C(=O)Nc2ccccc2N)c([123I])c1.CC(=O)Cc1ccc(C(=O)Nc2ccccc2N)c([125I])c1.CC(=O)Cc1ccc(C(=O)Nc2ccccc2N)c([131I])c1. The van der Waals surface area contributed by atoms with Crippen LogP contribution in [0.2, 0.25) is 0 Å². The normalized spacial score (nSPS) is 10.2. The van der Waals surface area contributed by atoms with Gasteiger partial charge in [0.15, 0.2) is 0 Å². The number of carbonyl (C=O) groups excluding carboxylic acids is 6. The summed E-state index contributed by atoms with van der Waals surface area (Å²) >= 11 is 6.29. The fourth-order valence-corrected chi connectivity index (χ4v) is 8.30. The minimum absolute atomic E-state index is 0.0973. The Bertz CT molecular complexity index is 2380. The number of benzene rings is 6. The zero-order valence-corrected chi connectivity index (χ0v) is 41.0. The van der Waals surface area contributed by atoms with Crippen LogP contribution in [0, 0.1) is 10.7 Å². The number of hydrogen-bond donors (Lipinski definition) is 6. The van der Waals surface area contributed by atoms with E-state index in [1.54, 1.807) is 93.6 Å². The van der Waals surface area contributed by atoms with Crippen LogP contribution in [0.4, 0.5) is 34.1 Å². The Labute approximate surface area is 407 Å². The molecule has 0 aliphatic rings. The molecular weight excluding hydrogens is 1140 g/mol. The van der Waals surface area contributed by atoms with Gasteiger partial charge in [0.05, 0.1) is 50.8 Å². The van der Waals surface area contributed by atoms with Crippen molar-refractivity contribution in [1.29, 1.82) is 0 Å². The molecule has 0 saturated heterocycles. The lowest BCUT2D eigenvalue weighted by molar-refractivity contribution is -0.117. The van der Waals surface area contributed by atoms with Gasteiger partial charge in [-0.3, -0.25) is 28.8 Å². The fraction of sp³-hybridized carbons (Fsp3) is 0.125. The molecule has 15 heteroatoms. The molecule has 0 saturated carbocycles. The largest absolute Gasteiger partial charge is 0.397 e. The number of nitrogens with two attached hydrogens (primary N) is 3. The molecule has 0 aliphatic carbocycles. The standard InChI is InChI=1S/3C16H15IN2O2/c3*1-10(20)8-11-6-7-12(13(17)9-11)16(21)19-15-5-3-2-4-14(15)18/h3*2-7,9H,8,18H2,1H3,(H,19,21)/i17+4;17-2;17-4. The quantitative estimate of drug-likeness (QED) is 0.0507. The molecule has 0 heterocycles. The van der Waals surface area contributed by atoms with E-state index in [1.807, 2.05) is 54.6 Å². The molecule has 3 amide bonds. The molecule has 0 spiro atoms. The van der Waals surface area contributed by atoms with E-state index >= 15 is 0 Å². The van der Waals surface area contributed by atoms with Crippen molar-refractivity contribution < 1.29 is 28.8 Å². The van der Waals surface area contributed by atoms with Crippen molar-refractivity contribution in [3.05, 3.63) is 171 Å². The highest BCUT2D eigenvalue weighted by atomic mass is 131. The molecule has 0 aromatic heterocycles. The molecule has 6 aromatic rings. The van der Waals surface area contributed by atoms with Crippen LogP contribution in [-0.2, 0) is 33.6 Å². The number of amides is 3. The van der Waals surface area contributed by atoms with E-state index < -0.39 is 0 Å². The van der Waals surface area contributed by atoms with Gasteiger partial charge in [0.25, 0.3) is 17.7 Å². The van der Waals surface area contributed by atoms with Crippen molar-refractivity contribution >= 4 is 137 Å². The predicted octanol–water partition coefficient (Wildman–Crippen LogP) is 9.77. The van der Waals surface area contributed by atoms with Gasteiger partial charge in [-0.2, -0.15) is 0 Å². The van der Waals surface area contributed by atoms with Crippen molar-refractivity contribution in [3.63, 3.8) is 0 Å². The molecule has 0 atom stereocenters. The monoisotopic (exact) mass is 1180 g/mol. The molecule has 0 aliphatic heterocycles. The van der Waals surface area contributed by atoms with Gasteiger partial charge >= 0.3 is 0 Å². The highest BCUT2D eigenvalue weighted by Crippen LogP contribution is 2.24. The maximum Gasteiger partial charge on any atom is 0.256 e. The molecule has 6 rings (SSSR count). The number of Topliss-reactive ketones (excluding diaryl/α,β-unsaturated/α-hetero) is 3. The number of nitrogen functional groups attached to an aromatic ring is 3. The molecule has 12 nitrogen and oxygen atoms in total. The van der Waals surface area contributed by atoms with Crippen molar-refractivity contribution in [3.8, 4) is 0 Å². The first-order valence-corrected chi connectivity index (χ1v) is 22.5. The first kappa shape index (κ1) is 50.0. The number of hydrogen-bond acceptors (Lipinski definition) is 9. The lowest BCUT2D eigenvalue weighted by Crippen LogP contribution is -2.15. The van der Waals surface area contributed by atoms with Crippen LogP contribution in [0.1, 0.15) is 68.5 Å². The van der Waals surface area contributed by atoms with Gasteiger partial charge in [-0.05, 0) is 178 Å². The summed E-state index contributed by atoms with van der Waals surface area (Å²) in [5, 5.41) is 8.38. The van der Waals surface area contributed by atoms with E-state index in [2.05, 4.69) is 83.7 Å². The second-order valence-electron chi connectivity index (χ2n) is 14.2. The lowest BCUT2D eigenvalue weighted by atomic mass is 10.1. The number of carbonyl (C=O) groups is 6. The van der Waals surface area contributed by atoms with E-state index in [0.717, 1.165) is 27.4 Å². The van der Waals surface area contributed by atoms with E-state index in [4.69, 9.17) is 17.2 Å². The molecule has 0 fully saturated rings. The Morgan fingerprint density at radius 2 is 0.825 bits per heavy atom. The van der Waals surface area contributed by atoms with Gasteiger partial charge in [-0.15, -0.1) is 0 Å². The summed E-state index contributed by atoms with van der Waals surface area (Å²) < 4.78 is 2.41. The summed E-state index contributed by atoms with van der Waals surface area (Å²) in [5.74, 6) is -0.356. The molecular formula is C48H45I3N6O6. The predicted molar refractivity (Wildman–Crippen MR) is 277 cm³/mol. The minimum Gasteiger partial charge on any atom is -0.397 e. The smallest absolute Gasteiger partial charge is 0.256 e. The maximum absolute atomic E-state index is 12.3. The molecule has 324 valence electrons. The summed E-state index contributed by atoms with van der Waals surface area (Å²) in [7, 11) is 0. The average molecular weight is 1180 g/mol. The Balaban J connectivity index is 0.000000207. The first-order chi connectivity index (χ1) is 29.9. The third kappa shape index (κ3) is 15.9. The Hall–Kier alpha value is -5.67. The van der Waals surface area contributed by atoms with E-state index in [0.29, 0.717) is 70.1 Å². The van der Waals surface area contributed by atoms with Gasteiger partial charge < -0.3 is 33.2 Å². The van der Waals surface area contributed by atoms with Gasteiger partial charge in [0.1, 0.15) is 17.3 Å². The van der Waals surface area contributed by atoms with Gasteiger partial charge in [-0.25, -0.2) is 0 Å². The molecule has 9 N–H and O–H groups in total. The Kier molecular flexibility index (Phi) is 19.2. The second kappa shape index (κ2) is 24.2. The number of halogens is 3. The van der Waals surface area contributed by atoms with Crippen LogP contribution < -0.4 is 33.2 Å². The van der Waals surface area contributed by atoms with Crippen LogP contribution in [0.15, 0.2) is 127 Å². The third-order valence-corrected chi connectivity index (χ3v) is 11.5. The summed E-state index contributed by atoms with van der Waals surface area (Å²) in [6, 6.07) is 37.5. The maximum atomic E-state index is 12.3. The first-order valence-electron chi connectivity index (χ1n) is 19.2. The zero-order valence-electron chi connectivity index (χ0n) is 34.6.